The van der Waals surface area contributed by atoms with Crippen molar-refractivity contribution in [1.29, 1.82) is 0 Å². The lowest BCUT2D eigenvalue weighted by Gasteiger charge is -2.27. The van der Waals surface area contributed by atoms with E-state index >= 15 is 0 Å². The maximum absolute atomic E-state index is 12.3. The molecule has 1 heterocycles. The maximum Gasteiger partial charge on any atom is 0.311 e. The van der Waals surface area contributed by atoms with Crippen LogP contribution in [0.4, 0.5) is 0 Å². The second-order valence-electron chi connectivity index (χ2n) is 7.20. The fourth-order valence-corrected chi connectivity index (χ4v) is 4.30. The average molecular weight is 372 g/mol. The number of rotatable bonds is 3. The van der Waals surface area contributed by atoms with Gasteiger partial charge in [-0.1, -0.05) is 42.5 Å². The molecule has 0 spiro atoms. The third-order valence-corrected chi connectivity index (χ3v) is 5.63. The molecule has 0 N–H and O–H groups in total. The summed E-state index contributed by atoms with van der Waals surface area (Å²) in [4.78, 5) is 12.3. The fourth-order valence-electron chi connectivity index (χ4n) is 4.30. The van der Waals surface area contributed by atoms with Crippen LogP contribution in [0.2, 0.25) is 0 Å². The number of benzene rings is 3. The Bertz CT molecular complexity index is 1100. The SMILES string of the molecule is COc1cc2c(cc1OC)C(c1ccc3c(c1)Cc1ccccc1-3)OC(=O)C2. The zero-order valence-electron chi connectivity index (χ0n) is 15.8. The van der Waals surface area contributed by atoms with E-state index in [2.05, 4.69) is 42.5 Å². The van der Waals surface area contributed by atoms with Gasteiger partial charge >= 0.3 is 5.97 Å². The topological polar surface area (TPSA) is 44.8 Å². The van der Waals surface area contributed by atoms with Crippen molar-refractivity contribution in [1.82, 2.24) is 0 Å². The number of esters is 1. The first kappa shape index (κ1) is 16.9. The summed E-state index contributed by atoms with van der Waals surface area (Å²) in [6.07, 6.45) is 0.700. The molecule has 4 heteroatoms. The van der Waals surface area contributed by atoms with Crippen LogP contribution in [0, 0.1) is 0 Å². The Balaban J connectivity index is 1.60. The third-order valence-electron chi connectivity index (χ3n) is 5.63. The summed E-state index contributed by atoms with van der Waals surface area (Å²) < 4.78 is 16.6. The molecule has 28 heavy (non-hydrogen) atoms. The van der Waals surface area contributed by atoms with Crippen molar-refractivity contribution in [3.8, 4) is 22.6 Å². The predicted molar refractivity (Wildman–Crippen MR) is 106 cm³/mol. The second kappa shape index (κ2) is 6.41. The first-order valence-corrected chi connectivity index (χ1v) is 9.33. The molecule has 5 rings (SSSR count). The van der Waals surface area contributed by atoms with Gasteiger partial charge in [-0.15, -0.1) is 0 Å². The van der Waals surface area contributed by atoms with Gasteiger partial charge in [0.25, 0.3) is 0 Å². The Labute approximate surface area is 163 Å². The van der Waals surface area contributed by atoms with Crippen molar-refractivity contribution in [2.75, 3.05) is 14.2 Å². The standard InChI is InChI=1S/C24H20O4/c1-26-21-11-17-12-23(25)28-24(20(17)13-22(21)27-2)15-7-8-19-16(10-15)9-14-5-3-4-6-18(14)19/h3-8,10-11,13,24H,9,12H2,1-2H3. The maximum atomic E-state index is 12.3. The number of cyclic esters (lactones) is 1. The van der Waals surface area contributed by atoms with E-state index in [9.17, 15) is 4.79 Å². The van der Waals surface area contributed by atoms with E-state index in [0.717, 1.165) is 23.1 Å². The summed E-state index contributed by atoms with van der Waals surface area (Å²) >= 11 is 0. The van der Waals surface area contributed by atoms with Gasteiger partial charge in [0.15, 0.2) is 17.6 Å². The Morgan fingerprint density at radius 2 is 1.57 bits per heavy atom. The number of carbonyl (C=O) groups is 1. The second-order valence-corrected chi connectivity index (χ2v) is 7.20. The molecule has 1 unspecified atom stereocenters. The van der Waals surface area contributed by atoms with Gasteiger partial charge in [-0.3, -0.25) is 4.79 Å². The average Bonchev–Trinajstić information content (AvgIpc) is 3.09. The Morgan fingerprint density at radius 1 is 0.821 bits per heavy atom. The zero-order valence-corrected chi connectivity index (χ0v) is 15.8. The summed E-state index contributed by atoms with van der Waals surface area (Å²) in [5, 5.41) is 0. The van der Waals surface area contributed by atoms with E-state index in [-0.39, 0.29) is 12.4 Å². The Morgan fingerprint density at radius 3 is 2.39 bits per heavy atom. The summed E-state index contributed by atoms with van der Waals surface area (Å²) in [6.45, 7) is 0. The van der Waals surface area contributed by atoms with Crippen LogP contribution in [0.1, 0.15) is 33.9 Å². The highest BCUT2D eigenvalue weighted by molar-refractivity contribution is 5.79. The third kappa shape index (κ3) is 2.56. The zero-order chi connectivity index (χ0) is 19.3. The fraction of sp³-hybridized carbons (Fsp3) is 0.208. The van der Waals surface area contributed by atoms with E-state index in [0.29, 0.717) is 11.5 Å². The molecule has 0 saturated carbocycles. The Kier molecular flexibility index (Phi) is 3.86. The van der Waals surface area contributed by atoms with Crippen molar-refractivity contribution in [3.63, 3.8) is 0 Å². The largest absolute Gasteiger partial charge is 0.493 e. The van der Waals surface area contributed by atoms with E-state index < -0.39 is 6.10 Å². The minimum atomic E-state index is -0.440. The first-order chi connectivity index (χ1) is 13.7. The molecule has 1 aliphatic heterocycles. The number of ether oxygens (including phenoxy) is 3. The number of fused-ring (bicyclic) bond motifs is 4. The lowest BCUT2D eigenvalue weighted by Crippen LogP contribution is -2.22. The van der Waals surface area contributed by atoms with Crippen molar-refractivity contribution in [2.45, 2.75) is 18.9 Å². The molecular formula is C24H20O4. The minimum absolute atomic E-state index is 0.228. The van der Waals surface area contributed by atoms with Gasteiger partial charge in [0.05, 0.1) is 20.6 Å². The monoisotopic (exact) mass is 372 g/mol. The van der Waals surface area contributed by atoms with Crippen LogP contribution in [0.15, 0.2) is 54.6 Å². The van der Waals surface area contributed by atoms with Gasteiger partial charge in [-0.25, -0.2) is 0 Å². The molecular weight excluding hydrogens is 352 g/mol. The summed E-state index contributed by atoms with van der Waals surface area (Å²) in [6, 6.07) is 18.6. The summed E-state index contributed by atoms with van der Waals surface area (Å²) in [5.41, 5.74) is 8.00. The molecule has 0 bridgehead atoms. The highest BCUT2D eigenvalue weighted by atomic mass is 16.5. The van der Waals surface area contributed by atoms with E-state index in [1.54, 1.807) is 14.2 Å². The number of methoxy groups -OCH3 is 2. The molecule has 3 aromatic rings. The molecule has 140 valence electrons. The van der Waals surface area contributed by atoms with Crippen molar-refractivity contribution >= 4 is 5.97 Å². The highest BCUT2D eigenvalue weighted by Crippen LogP contribution is 2.42. The predicted octanol–water partition coefficient (Wildman–Crippen LogP) is 4.46. The van der Waals surface area contributed by atoms with Crippen LogP contribution < -0.4 is 9.47 Å². The summed E-state index contributed by atoms with van der Waals surface area (Å²) in [7, 11) is 3.21. The molecule has 0 radical (unpaired) electrons. The molecule has 1 atom stereocenters. The summed E-state index contributed by atoms with van der Waals surface area (Å²) in [5.74, 6) is 1.03. The molecule has 0 fully saturated rings. The molecule has 4 nitrogen and oxygen atoms in total. The molecule has 1 aliphatic carbocycles. The van der Waals surface area contributed by atoms with E-state index in [4.69, 9.17) is 14.2 Å². The van der Waals surface area contributed by atoms with Crippen LogP contribution in [0.3, 0.4) is 0 Å². The van der Waals surface area contributed by atoms with Gasteiger partial charge in [0.2, 0.25) is 0 Å². The molecule has 0 saturated heterocycles. The lowest BCUT2D eigenvalue weighted by atomic mass is 9.90. The molecule has 0 aromatic heterocycles. The van der Waals surface area contributed by atoms with Crippen molar-refractivity contribution in [2.24, 2.45) is 0 Å². The number of hydrogen-bond donors (Lipinski definition) is 0. The minimum Gasteiger partial charge on any atom is -0.493 e. The van der Waals surface area contributed by atoms with Crippen LogP contribution in [0.5, 0.6) is 11.5 Å². The van der Waals surface area contributed by atoms with Gasteiger partial charge in [-0.2, -0.15) is 0 Å². The molecule has 0 amide bonds. The van der Waals surface area contributed by atoms with Crippen molar-refractivity contribution < 1.29 is 19.0 Å². The normalized spacial score (nSPS) is 16.6. The van der Waals surface area contributed by atoms with Crippen LogP contribution in [-0.2, 0) is 22.4 Å². The van der Waals surface area contributed by atoms with Gasteiger partial charge in [-0.05, 0) is 51.9 Å². The number of hydrogen-bond acceptors (Lipinski definition) is 4. The lowest BCUT2D eigenvalue weighted by molar-refractivity contribution is -0.148. The van der Waals surface area contributed by atoms with Crippen molar-refractivity contribution in [3.05, 3.63) is 82.4 Å². The number of carbonyl (C=O) groups excluding carboxylic acids is 1. The Hall–Kier alpha value is -3.27. The highest BCUT2D eigenvalue weighted by Gasteiger charge is 2.31. The quantitative estimate of drug-likeness (QED) is 0.498. The van der Waals surface area contributed by atoms with Crippen LogP contribution >= 0.6 is 0 Å². The van der Waals surface area contributed by atoms with Crippen LogP contribution in [-0.4, -0.2) is 20.2 Å². The van der Waals surface area contributed by atoms with Gasteiger partial charge < -0.3 is 14.2 Å². The van der Waals surface area contributed by atoms with Gasteiger partial charge in [0.1, 0.15) is 0 Å². The smallest absolute Gasteiger partial charge is 0.311 e. The van der Waals surface area contributed by atoms with Crippen LogP contribution in [0.25, 0.3) is 11.1 Å². The van der Waals surface area contributed by atoms with E-state index in [1.807, 2.05) is 12.1 Å². The molecule has 2 aliphatic rings. The van der Waals surface area contributed by atoms with Gasteiger partial charge in [0, 0.05) is 5.56 Å². The first-order valence-electron chi connectivity index (χ1n) is 9.33. The van der Waals surface area contributed by atoms with E-state index in [1.165, 1.54) is 22.3 Å². The molecule has 3 aromatic carbocycles.